The van der Waals surface area contributed by atoms with Crippen LogP contribution in [0.25, 0.3) is 0 Å². The molecule has 0 fully saturated rings. The Morgan fingerprint density at radius 1 is 1.19 bits per heavy atom. The first-order valence-electron chi connectivity index (χ1n) is 7.14. The van der Waals surface area contributed by atoms with E-state index in [-0.39, 0.29) is 11.5 Å². The predicted molar refractivity (Wildman–Crippen MR) is 90.7 cm³/mol. The topological polar surface area (TPSA) is 67.8 Å². The molecule has 0 aliphatic carbocycles. The van der Waals surface area contributed by atoms with Crippen LogP contribution in [-0.2, 0) is 8.92 Å². The number of rotatable bonds is 10. The van der Waals surface area contributed by atoms with Gasteiger partial charge >= 0.3 is 6.09 Å². The van der Waals surface area contributed by atoms with Crippen molar-refractivity contribution >= 4 is 30.2 Å². The molecule has 0 heterocycles. The monoisotopic (exact) mass is 339 g/mol. The van der Waals surface area contributed by atoms with Gasteiger partial charge in [-0.05, 0) is 63.1 Å². The van der Waals surface area contributed by atoms with E-state index in [1.165, 1.54) is 12.0 Å². The molecule has 0 aromatic heterocycles. The summed E-state index contributed by atoms with van der Waals surface area (Å²) in [4.78, 5) is 11.5. The van der Waals surface area contributed by atoms with E-state index in [4.69, 9.17) is 13.5 Å². The van der Waals surface area contributed by atoms with Crippen molar-refractivity contribution in [1.82, 2.24) is 5.32 Å². The van der Waals surface area contributed by atoms with Gasteiger partial charge in [0.25, 0.3) is 0 Å². The van der Waals surface area contributed by atoms with Crippen molar-refractivity contribution in [2.75, 3.05) is 24.7 Å². The SMILES string of the molecule is CC(C)(CCNC(=O)OC(C)(C)C)COSCCCSO. The highest BCUT2D eigenvalue weighted by Crippen LogP contribution is 2.22. The van der Waals surface area contributed by atoms with Crippen molar-refractivity contribution in [2.45, 2.75) is 53.1 Å². The Balaban J connectivity index is 3.70. The zero-order valence-corrected chi connectivity index (χ0v) is 15.4. The van der Waals surface area contributed by atoms with Gasteiger partial charge in [-0.2, -0.15) is 0 Å². The third-order valence-corrected chi connectivity index (χ3v) is 3.68. The maximum atomic E-state index is 11.5. The minimum Gasteiger partial charge on any atom is -0.444 e. The summed E-state index contributed by atoms with van der Waals surface area (Å²) in [5.41, 5.74) is -0.472. The molecule has 0 bridgehead atoms. The van der Waals surface area contributed by atoms with E-state index in [2.05, 4.69) is 19.2 Å². The Morgan fingerprint density at radius 3 is 2.43 bits per heavy atom. The van der Waals surface area contributed by atoms with Crippen LogP contribution in [0.2, 0.25) is 0 Å². The van der Waals surface area contributed by atoms with Gasteiger partial charge in [-0.25, -0.2) is 4.79 Å². The molecule has 0 aliphatic heterocycles. The highest BCUT2D eigenvalue weighted by atomic mass is 32.2. The lowest BCUT2D eigenvalue weighted by molar-refractivity contribution is 0.0518. The second-order valence-electron chi connectivity index (χ2n) is 6.61. The largest absolute Gasteiger partial charge is 0.444 e. The van der Waals surface area contributed by atoms with Crippen LogP contribution in [0.5, 0.6) is 0 Å². The van der Waals surface area contributed by atoms with Gasteiger partial charge in [0.15, 0.2) is 0 Å². The number of hydrogen-bond acceptors (Lipinski definition) is 6. The van der Waals surface area contributed by atoms with Crippen LogP contribution in [0.15, 0.2) is 0 Å². The smallest absolute Gasteiger partial charge is 0.407 e. The van der Waals surface area contributed by atoms with Gasteiger partial charge < -0.3 is 18.8 Å². The van der Waals surface area contributed by atoms with Gasteiger partial charge in [0.05, 0.1) is 6.61 Å². The molecular weight excluding hydrogens is 310 g/mol. The second kappa shape index (κ2) is 10.6. The fourth-order valence-corrected chi connectivity index (χ4v) is 2.57. The molecule has 0 aromatic carbocycles. The molecule has 0 atom stereocenters. The first kappa shape index (κ1) is 20.9. The average molecular weight is 340 g/mol. The van der Waals surface area contributed by atoms with Crippen LogP contribution in [0.4, 0.5) is 4.79 Å². The lowest BCUT2D eigenvalue weighted by atomic mass is 9.91. The standard InChI is InChI=1S/C14H29NO4S2/c1-13(2,3)19-12(16)15-8-7-14(4,5)11-18-21-10-6-9-20-17/h17H,6-11H2,1-5H3,(H,15,16). The Labute approximate surface area is 137 Å². The van der Waals surface area contributed by atoms with Crippen molar-refractivity contribution < 1.29 is 18.3 Å². The normalized spacial score (nSPS) is 12.3. The highest BCUT2D eigenvalue weighted by molar-refractivity contribution is 7.95. The number of carbonyl (C=O) groups excluding carboxylic acids is 1. The number of hydrogen-bond donors (Lipinski definition) is 2. The van der Waals surface area contributed by atoms with Crippen molar-refractivity contribution in [1.29, 1.82) is 0 Å². The van der Waals surface area contributed by atoms with E-state index in [1.54, 1.807) is 0 Å². The maximum Gasteiger partial charge on any atom is 0.407 e. The van der Waals surface area contributed by atoms with E-state index in [9.17, 15) is 4.79 Å². The van der Waals surface area contributed by atoms with Crippen molar-refractivity contribution in [3.05, 3.63) is 0 Å². The number of ether oxygens (including phenoxy) is 1. The predicted octanol–water partition coefficient (Wildman–Crippen LogP) is 4.19. The fraction of sp³-hybridized carbons (Fsp3) is 0.929. The summed E-state index contributed by atoms with van der Waals surface area (Å²) >= 11 is 2.29. The number of alkyl carbamates (subject to hydrolysis) is 1. The Bertz CT molecular complexity index is 293. The van der Waals surface area contributed by atoms with Crippen LogP contribution >= 0.6 is 24.1 Å². The zero-order valence-electron chi connectivity index (χ0n) is 13.7. The Hall–Kier alpha value is -0.110. The second-order valence-corrected chi connectivity index (χ2v) is 8.16. The molecule has 5 nitrogen and oxygen atoms in total. The van der Waals surface area contributed by atoms with E-state index in [0.717, 1.165) is 36.4 Å². The molecule has 0 saturated carbocycles. The van der Waals surface area contributed by atoms with Crippen LogP contribution in [0.3, 0.4) is 0 Å². The molecule has 0 radical (unpaired) electrons. The van der Waals surface area contributed by atoms with Gasteiger partial charge in [0, 0.05) is 18.1 Å². The third kappa shape index (κ3) is 14.6. The molecule has 7 heteroatoms. The van der Waals surface area contributed by atoms with Gasteiger partial charge in [0.1, 0.15) is 5.60 Å². The Morgan fingerprint density at radius 2 is 1.86 bits per heavy atom. The lowest BCUT2D eigenvalue weighted by Crippen LogP contribution is -2.35. The van der Waals surface area contributed by atoms with Gasteiger partial charge in [-0.3, -0.25) is 0 Å². The molecule has 126 valence electrons. The first-order chi connectivity index (χ1) is 9.66. The lowest BCUT2D eigenvalue weighted by Gasteiger charge is -2.25. The van der Waals surface area contributed by atoms with Crippen molar-refractivity contribution in [3.8, 4) is 0 Å². The zero-order chi connectivity index (χ0) is 16.4. The maximum absolute atomic E-state index is 11.5. The molecule has 1 amide bonds. The average Bonchev–Trinajstić information content (AvgIpc) is 2.31. The van der Waals surface area contributed by atoms with E-state index in [0.29, 0.717) is 13.2 Å². The molecule has 0 saturated heterocycles. The van der Waals surface area contributed by atoms with Gasteiger partial charge in [0.2, 0.25) is 0 Å². The highest BCUT2D eigenvalue weighted by Gasteiger charge is 2.20. The molecule has 0 rings (SSSR count). The Kier molecular flexibility index (Phi) is 10.5. The van der Waals surface area contributed by atoms with Gasteiger partial charge in [-0.1, -0.05) is 13.8 Å². The van der Waals surface area contributed by atoms with Crippen LogP contribution in [-0.4, -0.2) is 40.9 Å². The summed E-state index contributed by atoms with van der Waals surface area (Å²) in [5, 5.41) is 2.76. The number of carbonyl (C=O) groups is 1. The minimum absolute atomic E-state index is 0.00621. The van der Waals surface area contributed by atoms with Crippen molar-refractivity contribution in [2.24, 2.45) is 5.41 Å². The summed E-state index contributed by atoms with van der Waals surface area (Å²) < 4.78 is 19.3. The summed E-state index contributed by atoms with van der Waals surface area (Å²) in [6.07, 6.45) is 1.36. The van der Waals surface area contributed by atoms with E-state index in [1.807, 2.05) is 20.8 Å². The first-order valence-corrected chi connectivity index (χ1v) is 8.99. The van der Waals surface area contributed by atoms with Gasteiger partial charge in [-0.15, -0.1) is 0 Å². The summed E-state index contributed by atoms with van der Waals surface area (Å²) in [6.45, 7) is 10.9. The molecule has 0 aromatic rings. The third-order valence-electron chi connectivity index (χ3n) is 2.47. The minimum atomic E-state index is -0.466. The fourth-order valence-electron chi connectivity index (χ4n) is 1.33. The summed E-state index contributed by atoms with van der Waals surface area (Å²) in [6, 6.07) is 0. The quantitative estimate of drug-likeness (QED) is 0.459. The van der Waals surface area contributed by atoms with Crippen LogP contribution in [0.1, 0.15) is 47.5 Å². The molecule has 0 aliphatic rings. The molecule has 21 heavy (non-hydrogen) atoms. The molecule has 0 spiro atoms. The van der Waals surface area contributed by atoms with Crippen molar-refractivity contribution in [3.63, 3.8) is 0 Å². The molecule has 0 unspecified atom stereocenters. The summed E-state index contributed by atoms with van der Waals surface area (Å²) in [7, 11) is 0. The van der Waals surface area contributed by atoms with E-state index >= 15 is 0 Å². The van der Waals surface area contributed by atoms with Crippen LogP contribution in [0, 0.1) is 5.41 Å². The molecule has 2 N–H and O–H groups in total. The van der Waals surface area contributed by atoms with Crippen LogP contribution < -0.4 is 5.32 Å². The summed E-state index contributed by atoms with van der Waals surface area (Å²) in [5.74, 6) is 1.61. The van der Waals surface area contributed by atoms with E-state index < -0.39 is 5.60 Å². The number of amides is 1. The molecular formula is C14H29NO4S2. The number of nitrogens with one attached hydrogen (secondary N) is 1.